The molecule has 7 nitrogen and oxygen atoms in total. The number of alkyl carbamates (subject to hydrolysis) is 1. The second-order valence-corrected chi connectivity index (χ2v) is 7.86. The smallest absolute Gasteiger partial charge is 0.408 e. The molecular formula is C20H30N2O5. The van der Waals surface area contributed by atoms with Crippen LogP contribution in [0.15, 0.2) is 30.3 Å². The van der Waals surface area contributed by atoms with Gasteiger partial charge >= 0.3 is 12.1 Å². The Morgan fingerprint density at radius 1 is 1.15 bits per heavy atom. The van der Waals surface area contributed by atoms with Gasteiger partial charge in [-0.25, -0.2) is 9.59 Å². The van der Waals surface area contributed by atoms with Gasteiger partial charge in [0.1, 0.15) is 17.7 Å². The molecule has 0 aromatic heterocycles. The number of hydrogen-bond donors (Lipinski definition) is 2. The van der Waals surface area contributed by atoms with Gasteiger partial charge in [0.15, 0.2) is 0 Å². The number of carbonyl (C=O) groups excluding carboxylic acids is 2. The van der Waals surface area contributed by atoms with E-state index in [9.17, 15) is 19.5 Å². The number of benzene rings is 1. The molecule has 0 radical (unpaired) electrons. The Kier molecular flexibility index (Phi) is 7.82. The topological polar surface area (TPSA) is 95.9 Å². The summed E-state index contributed by atoms with van der Waals surface area (Å²) in [4.78, 5) is 37.9. The molecular weight excluding hydrogens is 348 g/mol. The highest BCUT2D eigenvalue weighted by Crippen LogP contribution is 2.14. The zero-order valence-corrected chi connectivity index (χ0v) is 16.9. The van der Waals surface area contributed by atoms with Crippen LogP contribution in [0.25, 0.3) is 0 Å². The van der Waals surface area contributed by atoms with Gasteiger partial charge in [0.05, 0.1) is 0 Å². The number of carboxylic acid groups (broad SMARTS) is 1. The van der Waals surface area contributed by atoms with Crippen molar-refractivity contribution < 1.29 is 24.2 Å². The first kappa shape index (κ1) is 22.5. The molecule has 0 spiro atoms. The predicted octanol–water partition coefficient (Wildman–Crippen LogP) is 2.69. The number of aliphatic carboxylic acids is 1. The minimum atomic E-state index is -1.10. The molecule has 0 aliphatic carbocycles. The van der Waals surface area contributed by atoms with Gasteiger partial charge in [0.25, 0.3) is 0 Å². The van der Waals surface area contributed by atoms with Crippen LogP contribution in [0.4, 0.5) is 4.79 Å². The Morgan fingerprint density at radius 2 is 1.70 bits per heavy atom. The number of likely N-dealkylation sites (N-methyl/N-ethyl adjacent to an activating group) is 1. The molecule has 0 heterocycles. The molecule has 2 amide bonds. The normalized spacial score (nSPS) is 13.6. The summed E-state index contributed by atoms with van der Waals surface area (Å²) in [6.07, 6.45) is -0.534. The van der Waals surface area contributed by atoms with Gasteiger partial charge in [-0.3, -0.25) is 4.79 Å². The zero-order chi connectivity index (χ0) is 20.8. The summed E-state index contributed by atoms with van der Waals surface area (Å²) < 4.78 is 5.21. The minimum absolute atomic E-state index is 0.176. The Balaban J connectivity index is 2.94. The van der Waals surface area contributed by atoms with Crippen molar-refractivity contribution in [2.24, 2.45) is 5.92 Å². The van der Waals surface area contributed by atoms with Crippen LogP contribution in [-0.4, -0.2) is 52.7 Å². The fraction of sp³-hybridized carbons (Fsp3) is 0.550. The molecule has 7 heteroatoms. The van der Waals surface area contributed by atoms with Crippen LogP contribution in [0.3, 0.4) is 0 Å². The lowest BCUT2D eigenvalue weighted by molar-refractivity contribution is -0.150. The third-order valence-corrected chi connectivity index (χ3v) is 3.98. The van der Waals surface area contributed by atoms with Gasteiger partial charge in [-0.1, -0.05) is 44.2 Å². The Bertz CT molecular complexity index is 652. The number of nitrogens with zero attached hydrogens (tertiary/aromatic N) is 1. The summed E-state index contributed by atoms with van der Waals surface area (Å²) in [6.45, 7) is 8.74. The molecule has 150 valence electrons. The monoisotopic (exact) mass is 378 g/mol. The van der Waals surface area contributed by atoms with E-state index in [1.165, 1.54) is 11.9 Å². The zero-order valence-electron chi connectivity index (χ0n) is 16.9. The lowest BCUT2D eigenvalue weighted by Crippen LogP contribution is -2.55. The number of amides is 2. The fourth-order valence-corrected chi connectivity index (χ4v) is 2.55. The highest BCUT2D eigenvalue weighted by Gasteiger charge is 2.34. The van der Waals surface area contributed by atoms with Gasteiger partial charge in [0.2, 0.25) is 5.91 Å². The van der Waals surface area contributed by atoms with E-state index in [0.29, 0.717) is 0 Å². The van der Waals surface area contributed by atoms with E-state index in [2.05, 4.69) is 5.32 Å². The molecule has 1 aromatic rings. The molecule has 0 fully saturated rings. The summed E-state index contributed by atoms with van der Waals surface area (Å²) >= 11 is 0. The van der Waals surface area contributed by atoms with E-state index in [1.807, 2.05) is 30.3 Å². The van der Waals surface area contributed by atoms with Crippen LogP contribution in [0.5, 0.6) is 0 Å². The minimum Gasteiger partial charge on any atom is -0.480 e. The van der Waals surface area contributed by atoms with Gasteiger partial charge < -0.3 is 20.1 Å². The molecule has 0 aliphatic rings. The quantitative estimate of drug-likeness (QED) is 0.760. The fourth-order valence-electron chi connectivity index (χ4n) is 2.55. The molecule has 0 bridgehead atoms. The van der Waals surface area contributed by atoms with E-state index < -0.39 is 35.7 Å². The molecule has 2 N–H and O–H groups in total. The van der Waals surface area contributed by atoms with Crippen molar-refractivity contribution in [3.8, 4) is 0 Å². The number of rotatable bonds is 7. The number of ether oxygens (including phenoxy) is 1. The first-order valence-electron chi connectivity index (χ1n) is 8.95. The van der Waals surface area contributed by atoms with Crippen LogP contribution < -0.4 is 5.32 Å². The summed E-state index contributed by atoms with van der Waals surface area (Å²) in [7, 11) is 1.44. The second kappa shape index (κ2) is 9.39. The lowest BCUT2D eigenvalue weighted by Gasteiger charge is -2.31. The third kappa shape index (κ3) is 7.29. The van der Waals surface area contributed by atoms with Gasteiger partial charge in [-0.2, -0.15) is 0 Å². The summed E-state index contributed by atoms with van der Waals surface area (Å²) in [6, 6.07) is 7.17. The predicted molar refractivity (Wildman–Crippen MR) is 102 cm³/mol. The van der Waals surface area contributed by atoms with Crippen molar-refractivity contribution in [3.05, 3.63) is 35.9 Å². The van der Waals surface area contributed by atoms with Crippen molar-refractivity contribution in [2.75, 3.05) is 7.05 Å². The molecule has 2 atom stereocenters. The van der Waals surface area contributed by atoms with Crippen molar-refractivity contribution >= 4 is 18.0 Å². The number of nitrogens with one attached hydrogen (secondary N) is 1. The maximum atomic E-state index is 12.9. The van der Waals surface area contributed by atoms with E-state index in [4.69, 9.17) is 4.74 Å². The standard InChI is InChI=1S/C20H30N2O5/c1-13(2)16(21-19(26)27-20(3,4)5)17(23)22(6)15(18(24)25)12-14-10-8-7-9-11-14/h7-11,13,15-16H,12H2,1-6H3,(H,21,26)(H,24,25)/t15-,16-/m0/s1. The first-order chi connectivity index (χ1) is 12.4. The SMILES string of the molecule is CC(C)[C@H](NC(=O)OC(C)(C)C)C(=O)N(C)[C@@H](Cc1ccccc1)C(=O)O. The van der Waals surface area contributed by atoms with Crippen LogP contribution in [-0.2, 0) is 20.7 Å². The molecule has 1 rings (SSSR count). The molecule has 0 saturated heterocycles. The van der Waals surface area contributed by atoms with Crippen molar-refractivity contribution in [2.45, 2.75) is 58.7 Å². The highest BCUT2D eigenvalue weighted by atomic mass is 16.6. The molecule has 0 saturated carbocycles. The summed E-state index contributed by atoms with van der Waals surface area (Å²) in [5.74, 6) is -1.81. The average molecular weight is 378 g/mol. The molecule has 0 aliphatic heterocycles. The first-order valence-corrected chi connectivity index (χ1v) is 8.95. The van der Waals surface area contributed by atoms with Gasteiger partial charge in [-0.15, -0.1) is 0 Å². The van der Waals surface area contributed by atoms with Crippen LogP contribution in [0.1, 0.15) is 40.2 Å². The highest BCUT2D eigenvalue weighted by molar-refractivity contribution is 5.89. The van der Waals surface area contributed by atoms with Crippen LogP contribution >= 0.6 is 0 Å². The second-order valence-electron chi connectivity index (χ2n) is 7.86. The van der Waals surface area contributed by atoms with E-state index >= 15 is 0 Å². The largest absolute Gasteiger partial charge is 0.480 e. The molecule has 0 unspecified atom stereocenters. The number of carboxylic acids is 1. The van der Waals surface area contributed by atoms with Crippen molar-refractivity contribution in [1.29, 1.82) is 0 Å². The van der Waals surface area contributed by atoms with E-state index in [1.54, 1.807) is 34.6 Å². The van der Waals surface area contributed by atoms with Gasteiger partial charge in [-0.05, 0) is 32.3 Å². The average Bonchev–Trinajstić information content (AvgIpc) is 2.55. The van der Waals surface area contributed by atoms with Crippen molar-refractivity contribution in [1.82, 2.24) is 10.2 Å². The van der Waals surface area contributed by atoms with Crippen molar-refractivity contribution in [3.63, 3.8) is 0 Å². The van der Waals surface area contributed by atoms with E-state index in [0.717, 1.165) is 5.56 Å². The number of carbonyl (C=O) groups is 3. The number of hydrogen-bond acceptors (Lipinski definition) is 4. The Hall–Kier alpha value is -2.57. The summed E-state index contributed by atoms with van der Waals surface area (Å²) in [5, 5.41) is 12.2. The van der Waals surface area contributed by atoms with Crippen LogP contribution in [0.2, 0.25) is 0 Å². The van der Waals surface area contributed by atoms with Crippen LogP contribution in [0, 0.1) is 5.92 Å². The maximum absolute atomic E-state index is 12.9. The molecule has 1 aromatic carbocycles. The van der Waals surface area contributed by atoms with Gasteiger partial charge in [0, 0.05) is 13.5 Å². The Labute approximate surface area is 160 Å². The lowest BCUT2D eigenvalue weighted by atomic mass is 10.00. The molecule has 27 heavy (non-hydrogen) atoms. The summed E-state index contributed by atoms with van der Waals surface area (Å²) in [5.41, 5.74) is 0.114. The Morgan fingerprint density at radius 3 is 2.15 bits per heavy atom. The third-order valence-electron chi connectivity index (χ3n) is 3.98. The maximum Gasteiger partial charge on any atom is 0.408 e. The van der Waals surface area contributed by atoms with E-state index in [-0.39, 0.29) is 12.3 Å².